The highest BCUT2D eigenvalue weighted by molar-refractivity contribution is 5.29. The molecule has 0 aromatic rings. The first kappa shape index (κ1) is 16.0. The minimum Gasteiger partial charge on any atom is -0.366 e. The second-order valence-corrected chi connectivity index (χ2v) is 7.60. The van der Waals surface area contributed by atoms with E-state index in [4.69, 9.17) is 9.47 Å². The van der Waals surface area contributed by atoms with Crippen LogP contribution < -0.4 is 0 Å². The fourth-order valence-corrected chi connectivity index (χ4v) is 3.77. The number of rotatable bonds is 0. The first-order valence-electron chi connectivity index (χ1n) is 8.79. The molecule has 0 bridgehead atoms. The minimum absolute atomic E-state index is 0.132. The van der Waals surface area contributed by atoms with Crippen molar-refractivity contribution in [2.75, 3.05) is 6.61 Å². The van der Waals surface area contributed by atoms with E-state index in [1.54, 1.807) is 0 Å². The largest absolute Gasteiger partial charge is 0.366 e. The van der Waals surface area contributed by atoms with Crippen molar-refractivity contribution in [1.82, 2.24) is 0 Å². The summed E-state index contributed by atoms with van der Waals surface area (Å²) in [6.45, 7) is 9.81. The number of hydrogen-bond donors (Lipinski definition) is 0. The topological polar surface area (TPSA) is 21.8 Å². The summed E-state index contributed by atoms with van der Waals surface area (Å²) >= 11 is 0. The maximum absolute atomic E-state index is 5.99. The van der Waals surface area contributed by atoms with Crippen LogP contribution >= 0.6 is 0 Å². The summed E-state index contributed by atoms with van der Waals surface area (Å²) < 4.78 is 12.0. The number of ether oxygens (including phenoxy) is 2. The van der Waals surface area contributed by atoms with Crippen molar-refractivity contribution in [2.24, 2.45) is 0 Å². The third kappa shape index (κ3) is 3.55. The van der Waals surface area contributed by atoms with Gasteiger partial charge in [-0.1, -0.05) is 23.3 Å². The molecule has 0 spiro atoms. The van der Waals surface area contributed by atoms with E-state index in [1.807, 2.05) is 0 Å². The zero-order valence-electron chi connectivity index (χ0n) is 14.6. The number of epoxide rings is 1. The lowest BCUT2D eigenvalue weighted by molar-refractivity contribution is 0.150. The molecule has 1 fully saturated rings. The highest BCUT2D eigenvalue weighted by Crippen LogP contribution is 2.43. The lowest BCUT2D eigenvalue weighted by atomic mass is 9.93. The van der Waals surface area contributed by atoms with Gasteiger partial charge in [0.25, 0.3) is 0 Å². The first-order valence-corrected chi connectivity index (χ1v) is 8.79. The van der Waals surface area contributed by atoms with Gasteiger partial charge in [0, 0.05) is 0 Å². The molecular weight excluding hydrogens is 272 g/mol. The standard InChI is InChI=1S/C20H30O2/c1-14-6-5-11-20(4)19(22-20)10-8-15(2)12-18-17(9-7-14)16(3)13-21-18/h6,12,18-19H,5,7-11,13H2,1-4H3/b14-6+,15-12-/t18-,19-,20+/m0/s1. The summed E-state index contributed by atoms with van der Waals surface area (Å²) in [5, 5.41) is 0. The smallest absolute Gasteiger partial charge is 0.0977 e. The van der Waals surface area contributed by atoms with Gasteiger partial charge in [-0.25, -0.2) is 0 Å². The molecule has 2 nitrogen and oxygen atoms in total. The Morgan fingerprint density at radius 1 is 1.09 bits per heavy atom. The SMILES string of the molecule is CC1=C2CC/C(C)=C/CC[C@@]3(C)O[C@H]3CC/C(C)=C\[C@@H]2OC1. The van der Waals surface area contributed by atoms with E-state index >= 15 is 0 Å². The molecule has 2 heteroatoms. The molecule has 0 aromatic heterocycles. The highest BCUT2D eigenvalue weighted by Gasteiger charge is 2.50. The third-order valence-electron chi connectivity index (χ3n) is 5.57. The summed E-state index contributed by atoms with van der Waals surface area (Å²) in [6.07, 6.45) is 12.3. The van der Waals surface area contributed by atoms with Gasteiger partial charge in [0.15, 0.2) is 0 Å². The Morgan fingerprint density at radius 3 is 2.73 bits per heavy atom. The molecule has 0 radical (unpaired) electrons. The van der Waals surface area contributed by atoms with Crippen LogP contribution in [-0.2, 0) is 9.47 Å². The van der Waals surface area contributed by atoms with Gasteiger partial charge in [0.2, 0.25) is 0 Å². The van der Waals surface area contributed by atoms with Gasteiger partial charge in [-0.15, -0.1) is 0 Å². The second-order valence-electron chi connectivity index (χ2n) is 7.60. The van der Waals surface area contributed by atoms with E-state index in [2.05, 4.69) is 39.8 Å². The molecule has 0 saturated carbocycles. The van der Waals surface area contributed by atoms with E-state index in [-0.39, 0.29) is 11.7 Å². The quantitative estimate of drug-likeness (QED) is 0.458. The zero-order chi connectivity index (χ0) is 15.7. The summed E-state index contributed by atoms with van der Waals surface area (Å²) in [6, 6.07) is 0. The van der Waals surface area contributed by atoms with Crippen molar-refractivity contribution in [3.63, 3.8) is 0 Å². The predicted molar refractivity (Wildman–Crippen MR) is 90.9 cm³/mol. The van der Waals surface area contributed by atoms with Crippen molar-refractivity contribution >= 4 is 0 Å². The Morgan fingerprint density at radius 2 is 1.91 bits per heavy atom. The van der Waals surface area contributed by atoms with Gasteiger partial charge >= 0.3 is 0 Å². The lowest BCUT2D eigenvalue weighted by Gasteiger charge is -2.14. The molecule has 3 aliphatic rings. The van der Waals surface area contributed by atoms with E-state index in [1.165, 1.54) is 22.3 Å². The van der Waals surface area contributed by atoms with Crippen molar-refractivity contribution in [1.29, 1.82) is 0 Å². The van der Waals surface area contributed by atoms with Crippen LogP contribution in [0.15, 0.2) is 34.4 Å². The minimum atomic E-state index is 0.132. The van der Waals surface area contributed by atoms with Crippen LogP contribution in [0, 0.1) is 0 Å². The summed E-state index contributed by atoms with van der Waals surface area (Å²) in [5.74, 6) is 0. The first-order chi connectivity index (χ1) is 10.5. The average molecular weight is 302 g/mol. The van der Waals surface area contributed by atoms with Gasteiger partial charge < -0.3 is 9.47 Å². The summed E-state index contributed by atoms with van der Waals surface area (Å²) in [4.78, 5) is 0. The van der Waals surface area contributed by atoms with Crippen LogP contribution in [0.1, 0.15) is 66.2 Å². The van der Waals surface area contributed by atoms with Gasteiger partial charge in [0.1, 0.15) is 0 Å². The maximum Gasteiger partial charge on any atom is 0.0977 e. The summed E-state index contributed by atoms with van der Waals surface area (Å²) in [5.41, 5.74) is 6.03. The fourth-order valence-electron chi connectivity index (χ4n) is 3.77. The molecule has 1 saturated heterocycles. The second kappa shape index (κ2) is 6.33. The van der Waals surface area contributed by atoms with E-state index in [0.717, 1.165) is 45.1 Å². The van der Waals surface area contributed by atoms with Crippen LogP contribution in [0.3, 0.4) is 0 Å². The Labute approximate surface area is 135 Å². The molecule has 0 N–H and O–H groups in total. The Bertz CT molecular complexity index is 526. The van der Waals surface area contributed by atoms with Crippen LogP contribution in [0.25, 0.3) is 0 Å². The van der Waals surface area contributed by atoms with Gasteiger partial charge in [0.05, 0.1) is 24.4 Å². The van der Waals surface area contributed by atoms with E-state index < -0.39 is 0 Å². The molecule has 22 heavy (non-hydrogen) atoms. The molecule has 0 amide bonds. The van der Waals surface area contributed by atoms with Crippen LogP contribution in [0.2, 0.25) is 0 Å². The Hall–Kier alpha value is -0.860. The fraction of sp³-hybridized carbons (Fsp3) is 0.700. The van der Waals surface area contributed by atoms with Crippen LogP contribution in [0.5, 0.6) is 0 Å². The van der Waals surface area contributed by atoms with Gasteiger partial charge in [-0.3, -0.25) is 0 Å². The lowest BCUT2D eigenvalue weighted by Crippen LogP contribution is -2.11. The zero-order valence-corrected chi connectivity index (χ0v) is 14.6. The van der Waals surface area contributed by atoms with Crippen molar-refractivity contribution in [3.05, 3.63) is 34.4 Å². The van der Waals surface area contributed by atoms with Crippen molar-refractivity contribution in [2.45, 2.75) is 84.0 Å². The maximum atomic E-state index is 5.99. The molecule has 0 unspecified atom stereocenters. The third-order valence-corrected chi connectivity index (χ3v) is 5.57. The normalized spacial score (nSPS) is 41.6. The molecule has 3 atom stereocenters. The number of fused-ring (bicyclic) bond motifs is 2. The monoisotopic (exact) mass is 302 g/mol. The number of hydrogen-bond acceptors (Lipinski definition) is 2. The molecule has 2 heterocycles. The Balaban J connectivity index is 1.76. The van der Waals surface area contributed by atoms with Gasteiger partial charge in [-0.05, 0) is 77.4 Å². The Kier molecular flexibility index (Phi) is 4.61. The van der Waals surface area contributed by atoms with E-state index in [9.17, 15) is 0 Å². The molecular formula is C20H30O2. The molecule has 1 aliphatic carbocycles. The van der Waals surface area contributed by atoms with Crippen LogP contribution in [-0.4, -0.2) is 24.4 Å². The van der Waals surface area contributed by atoms with Crippen molar-refractivity contribution in [3.8, 4) is 0 Å². The summed E-state index contributed by atoms with van der Waals surface area (Å²) in [7, 11) is 0. The molecule has 122 valence electrons. The molecule has 2 aliphatic heterocycles. The van der Waals surface area contributed by atoms with E-state index in [0.29, 0.717) is 6.10 Å². The molecule has 0 aromatic carbocycles. The number of allylic oxidation sites excluding steroid dienone is 3. The molecule has 3 rings (SSSR count). The highest BCUT2D eigenvalue weighted by atomic mass is 16.6. The average Bonchev–Trinajstić information content (AvgIpc) is 2.98. The van der Waals surface area contributed by atoms with Gasteiger partial charge in [-0.2, -0.15) is 0 Å². The van der Waals surface area contributed by atoms with Crippen LogP contribution in [0.4, 0.5) is 0 Å². The van der Waals surface area contributed by atoms with Crippen molar-refractivity contribution < 1.29 is 9.47 Å². The predicted octanol–water partition coefficient (Wildman–Crippen LogP) is 5.11.